The summed E-state index contributed by atoms with van der Waals surface area (Å²) in [5.41, 5.74) is 1.68. The number of nitrogens with zero attached hydrogens (tertiary/aromatic N) is 1. The Hall–Kier alpha value is -2.49. The highest BCUT2D eigenvalue weighted by Gasteiger charge is 2.13. The topological polar surface area (TPSA) is 22.0 Å². The predicted octanol–water partition coefficient (Wildman–Crippen LogP) is 4.17. The SMILES string of the molecule is CC(=O)c1cn(Cc2ccccc2F)c2ccc(F)cc12. The van der Waals surface area contributed by atoms with Crippen molar-refractivity contribution in [2.45, 2.75) is 13.5 Å². The van der Waals surface area contributed by atoms with Gasteiger partial charge in [0.15, 0.2) is 5.78 Å². The Morgan fingerprint density at radius 1 is 1.14 bits per heavy atom. The highest BCUT2D eigenvalue weighted by atomic mass is 19.1. The van der Waals surface area contributed by atoms with Crippen molar-refractivity contribution >= 4 is 16.7 Å². The molecule has 0 aliphatic carbocycles. The molecular weight excluding hydrogens is 272 g/mol. The highest BCUT2D eigenvalue weighted by molar-refractivity contribution is 6.07. The normalized spacial score (nSPS) is 11.0. The van der Waals surface area contributed by atoms with Gasteiger partial charge >= 0.3 is 0 Å². The predicted molar refractivity (Wildman–Crippen MR) is 77.4 cm³/mol. The van der Waals surface area contributed by atoms with Crippen molar-refractivity contribution in [2.75, 3.05) is 0 Å². The highest BCUT2D eigenvalue weighted by Crippen LogP contribution is 2.24. The molecule has 0 radical (unpaired) electrons. The smallest absolute Gasteiger partial charge is 0.161 e. The maximum atomic E-state index is 13.8. The van der Waals surface area contributed by atoms with Crippen LogP contribution in [0.2, 0.25) is 0 Å². The molecule has 0 aliphatic heterocycles. The van der Waals surface area contributed by atoms with E-state index < -0.39 is 5.82 Å². The van der Waals surface area contributed by atoms with Crippen LogP contribution in [0.3, 0.4) is 0 Å². The van der Waals surface area contributed by atoms with Crippen LogP contribution in [0.15, 0.2) is 48.7 Å². The third-order valence-corrected chi connectivity index (χ3v) is 3.52. The van der Waals surface area contributed by atoms with Crippen molar-refractivity contribution < 1.29 is 13.6 Å². The second-order valence-corrected chi connectivity index (χ2v) is 4.98. The van der Waals surface area contributed by atoms with E-state index in [0.717, 1.165) is 0 Å². The molecule has 0 amide bonds. The molecule has 0 N–H and O–H groups in total. The summed E-state index contributed by atoms with van der Waals surface area (Å²) < 4.78 is 28.9. The summed E-state index contributed by atoms with van der Waals surface area (Å²) in [6, 6.07) is 10.8. The van der Waals surface area contributed by atoms with Gasteiger partial charge in [0.05, 0.1) is 6.54 Å². The van der Waals surface area contributed by atoms with Crippen molar-refractivity contribution in [3.8, 4) is 0 Å². The fraction of sp³-hybridized carbons (Fsp3) is 0.118. The molecule has 2 nitrogen and oxygen atoms in total. The van der Waals surface area contributed by atoms with Gasteiger partial charge in [0.1, 0.15) is 11.6 Å². The lowest BCUT2D eigenvalue weighted by Gasteiger charge is -2.06. The van der Waals surface area contributed by atoms with E-state index in [-0.39, 0.29) is 11.6 Å². The Labute approximate surface area is 120 Å². The first-order chi connectivity index (χ1) is 10.1. The fourth-order valence-electron chi connectivity index (χ4n) is 2.49. The summed E-state index contributed by atoms with van der Waals surface area (Å²) in [5, 5.41) is 0.554. The molecule has 1 heterocycles. The van der Waals surface area contributed by atoms with Gasteiger partial charge in [-0.2, -0.15) is 0 Å². The lowest BCUT2D eigenvalue weighted by molar-refractivity contribution is 0.101. The third kappa shape index (κ3) is 2.44. The molecular formula is C17H13F2NO. The third-order valence-electron chi connectivity index (χ3n) is 3.52. The molecule has 4 heteroatoms. The van der Waals surface area contributed by atoms with Gasteiger partial charge < -0.3 is 4.57 Å². The fourth-order valence-corrected chi connectivity index (χ4v) is 2.49. The van der Waals surface area contributed by atoms with E-state index in [0.29, 0.717) is 28.6 Å². The van der Waals surface area contributed by atoms with Crippen LogP contribution in [-0.2, 0) is 6.54 Å². The lowest BCUT2D eigenvalue weighted by atomic mass is 10.1. The van der Waals surface area contributed by atoms with Crippen LogP contribution in [0, 0.1) is 11.6 Å². The average Bonchev–Trinajstić information content (AvgIpc) is 2.79. The molecule has 21 heavy (non-hydrogen) atoms. The van der Waals surface area contributed by atoms with Gasteiger partial charge in [0.2, 0.25) is 0 Å². The van der Waals surface area contributed by atoms with E-state index in [4.69, 9.17) is 0 Å². The van der Waals surface area contributed by atoms with Crippen molar-refractivity contribution in [3.05, 3.63) is 71.4 Å². The zero-order valence-corrected chi connectivity index (χ0v) is 11.4. The van der Waals surface area contributed by atoms with E-state index in [2.05, 4.69) is 0 Å². The second-order valence-electron chi connectivity index (χ2n) is 4.98. The Morgan fingerprint density at radius 3 is 2.62 bits per heavy atom. The van der Waals surface area contributed by atoms with E-state index in [1.54, 1.807) is 35.0 Å². The molecule has 0 fully saturated rings. The number of aromatic nitrogens is 1. The minimum atomic E-state index is -0.395. The molecule has 3 aromatic rings. The summed E-state index contributed by atoms with van der Waals surface area (Å²) in [6.07, 6.45) is 1.65. The van der Waals surface area contributed by atoms with Gasteiger partial charge in [-0.05, 0) is 31.2 Å². The van der Waals surface area contributed by atoms with E-state index in [1.807, 2.05) is 0 Å². The van der Waals surface area contributed by atoms with E-state index in [1.165, 1.54) is 25.1 Å². The Bertz CT molecular complexity index is 836. The molecule has 0 aliphatic rings. The van der Waals surface area contributed by atoms with Crippen LogP contribution in [0.4, 0.5) is 8.78 Å². The van der Waals surface area contributed by atoms with E-state index >= 15 is 0 Å². The van der Waals surface area contributed by atoms with E-state index in [9.17, 15) is 13.6 Å². The van der Waals surface area contributed by atoms with Crippen LogP contribution >= 0.6 is 0 Å². The van der Waals surface area contributed by atoms with Crippen LogP contribution in [0.25, 0.3) is 10.9 Å². The summed E-state index contributed by atoms with van der Waals surface area (Å²) in [4.78, 5) is 11.7. The molecule has 0 spiro atoms. The van der Waals surface area contributed by atoms with Crippen LogP contribution < -0.4 is 0 Å². The number of rotatable bonds is 3. The van der Waals surface area contributed by atoms with Gasteiger partial charge in [0, 0.05) is 28.2 Å². The van der Waals surface area contributed by atoms with Crippen LogP contribution in [0.1, 0.15) is 22.8 Å². The van der Waals surface area contributed by atoms with Crippen molar-refractivity contribution in [1.29, 1.82) is 0 Å². The van der Waals surface area contributed by atoms with Crippen LogP contribution in [-0.4, -0.2) is 10.4 Å². The molecule has 106 valence electrons. The maximum Gasteiger partial charge on any atom is 0.161 e. The quantitative estimate of drug-likeness (QED) is 0.662. The van der Waals surface area contributed by atoms with Gasteiger partial charge in [-0.1, -0.05) is 18.2 Å². The number of halogens is 2. The number of hydrogen-bond acceptors (Lipinski definition) is 1. The number of fused-ring (bicyclic) bond motifs is 1. The summed E-state index contributed by atoms with van der Waals surface area (Å²) in [5.74, 6) is -0.836. The molecule has 0 atom stereocenters. The molecule has 1 aromatic heterocycles. The van der Waals surface area contributed by atoms with Gasteiger partial charge in [-0.3, -0.25) is 4.79 Å². The summed E-state index contributed by atoms with van der Waals surface area (Å²) >= 11 is 0. The second kappa shape index (κ2) is 5.13. The number of carbonyl (C=O) groups excluding carboxylic acids is 1. The van der Waals surface area contributed by atoms with Crippen molar-refractivity contribution in [1.82, 2.24) is 4.57 Å². The van der Waals surface area contributed by atoms with Crippen LogP contribution in [0.5, 0.6) is 0 Å². The van der Waals surface area contributed by atoms with Crippen molar-refractivity contribution in [2.24, 2.45) is 0 Å². The number of ketones is 1. The minimum Gasteiger partial charge on any atom is -0.342 e. The first-order valence-electron chi connectivity index (χ1n) is 6.59. The Kier molecular flexibility index (Phi) is 3.29. The first kappa shape index (κ1) is 13.5. The average molecular weight is 285 g/mol. The first-order valence-corrected chi connectivity index (χ1v) is 6.59. The molecule has 3 rings (SSSR count). The van der Waals surface area contributed by atoms with Gasteiger partial charge in [-0.15, -0.1) is 0 Å². The Balaban J connectivity index is 2.15. The number of Topliss-reactive ketones (excluding diaryl/α,β-unsaturated/α-hetero) is 1. The molecule has 2 aromatic carbocycles. The number of carbonyl (C=O) groups is 1. The lowest BCUT2D eigenvalue weighted by Crippen LogP contribution is -2.00. The number of hydrogen-bond donors (Lipinski definition) is 0. The zero-order chi connectivity index (χ0) is 15.0. The number of benzene rings is 2. The van der Waals surface area contributed by atoms with Gasteiger partial charge in [0.25, 0.3) is 0 Å². The van der Waals surface area contributed by atoms with Crippen molar-refractivity contribution in [3.63, 3.8) is 0 Å². The molecule has 0 saturated carbocycles. The Morgan fingerprint density at radius 2 is 1.90 bits per heavy atom. The largest absolute Gasteiger partial charge is 0.342 e. The van der Waals surface area contributed by atoms with Gasteiger partial charge in [-0.25, -0.2) is 8.78 Å². The minimum absolute atomic E-state index is 0.141. The zero-order valence-electron chi connectivity index (χ0n) is 11.4. The molecule has 0 unspecified atom stereocenters. The standard InChI is InChI=1S/C17H13F2NO/c1-11(21)15-10-20(9-12-4-2-3-5-16(12)19)17-7-6-13(18)8-14(15)17/h2-8,10H,9H2,1H3. The summed E-state index contributed by atoms with van der Waals surface area (Å²) in [7, 11) is 0. The molecule has 0 bridgehead atoms. The monoisotopic (exact) mass is 285 g/mol. The maximum absolute atomic E-state index is 13.8. The molecule has 0 saturated heterocycles. The summed E-state index contributed by atoms with van der Waals surface area (Å²) in [6.45, 7) is 1.73.